The van der Waals surface area contributed by atoms with Crippen LogP contribution < -0.4 is 0 Å². The molecule has 0 atom stereocenters. The van der Waals surface area contributed by atoms with Crippen LogP contribution in [0.2, 0.25) is 0 Å². The van der Waals surface area contributed by atoms with Crippen LogP contribution in [0.1, 0.15) is 11.3 Å². The predicted octanol–water partition coefficient (Wildman–Crippen LogP) is 2.04. The van der Waals surface area contributed by atoms with Crippen molar-refractivity contribution in [1.29, 1.82) is 0 Å². The Morgan fingerprint density at radius 1 is 1.41 bits per heavy atom. The Morgan fingerprint density at radius 3 is 2.94 bits per heavy atom. The number of benzene rings is 1. The lowest BCUT2D eigenvalue weighted by Gasteiger charge is -2.23. The number of aliphatic carboxylic acids is 1. The fourth-order valence-corrected chi connectivity index (χ4v) is 2.30. The minimum absolute atomic E-state index is 0.335. The Balaban J connectivity index is 2.27. The molecule has 0 saturated carbocycles. The number of nitrogens with one attached hydrogen (secondary N) is 1. The van der Waals surface area contributed by atoms with E-state index >= 15 is 0 Å². The molecule has 1 aliphatic rings. The van der Waals surface area contributed by atoms with E-state index in [1.165, 1.54) is 0 Å². The molecular formula is C13H12N2O2. The van der Waals surface area contributed by atoms with Gasteiger partial charge in [-0.05, 0) is 12.1 Å². The van der Waals surface area contributed by atoms with Crippen LogP contribution in [-0.2, 0) is 11.3 Å². The van der Waals surface area contributed by atoms with Gasteiger partial charge in [-0.15, -0.1) is 0 Å². The van der Waals surface area contributed by atoms with Crippen molar-refractivity contribution >= 4 is 22.9 Å². The van der Waals surface area contributed by atoms with Gasteiger partial charge in [0.05, 0.1) is 6.54 Å². The summed E-state index contributed by atoms with van der Waals surface area (Å²) in [7, 11) is 1.79. The van der Waals surface area contributed by atoms with Gasteiger partial charge in [0.1, 0.15) is 5.70 Å². The summed E-state index contributed by atoms with van der Waals surface area (Å²) in [5.41, 5.74) is 3.45. The molecule has 0 saturated heterocycles. The van der Waals surface area contributed by atoms with E-state index in [-0.39, 0.29) is 0 Å². The highest BCUT2D eigenvalue weighted by atomic mass is 16.4. The first kappa shape index (κ1) is 9.96. The zero-order valence-electron chi connectivity index (χ0n) is 9.40. The number of carboxylic acids is 1. The number of H-pyrrole nitrogens is 1. The van der Waals surface area contributed by atoms with Gasteiger partial charge in [-0.2, -0.15) is 0 Å². The van der Waals surface area contributed by atoms with Crippen LogP contribution in [0, 0.1) is 0 Å². The number of para-hydroxylation sites is 1. The first-order valence-electron chi connectivity index (χ1n) is 5.42. The Hall–Kier alpha value is -2.23. The molecule has 4 nitrogen and oxygen atoms in total. The third-order valence-corrected chi connectivity index (χ3v) is 3.13. The van der Waals surface area contributed by atoms with Gasteiger partial charge in [0, 0.05) is 29.2 Å². The summed E-state index contributed by atoms with van der Waals surface area (Å²) in [6.45, 7) is 0.599. The third kappa shape index (κ3) is 1.41. The lowest BCUT2D eigenvalue weighted by Crippen LogP contribution is -2.26. The van der Waals surface area contributed by atoms with Gasteiger partial charge in [0.25, 0.3) is 0 Å². The largest absolute Gasteiger partial charge is 0.477 e. The molecule has 1 aromatic heterocycles. The molecule has 17 heavy (non-hydrogen) atoms. The maximum atomic E-state index is 11.1. The van der Waals surface area contributed by atoms with Gasteiger partial charge in [-0.3, -0.25) is 0 Å². The smallest absolute Gasteiger partial charge is 0.352 e. The molecule has 1 aromatic carbocycles. The number of aromatic nitrogens is 1. The number of nitrogens with zero attached hydrogens (tertiary/aromatic N) is 1. The number of hydrogen-bond donors (Lipinski definition) is 2. The van der Waals surface area contributed by atoms with Crippen LogP contribution in [0.5, 0.6) is 0 Å². The second kappa shape index (κ2) is 3.38. The van der Waals surface area contributed by atoms with Gasteiger partial charge in [0.15, 0.2) is 0 Å². The molecule has 0 unspecified atom stereocenters. The van der Waals surface area contributed by atoms with Gasteiger partial charge in [0.2, 0.25) is 0 Å². The molecular weight excluding hydrogens is 216 g/mol. The molecule has 2 N–H and O–H groups in total. The van der Waals surface area contributed by atoms with Crippen molar-refractivity contribution < 1.29 is 9.90 Å². The molecule has 2 heterocycles. The van der Waals surface area contributed by atoms with E-state index in [0.29, 0.717) is 12.2 Å². The summed E-state index contributed by atoms with van der Waals surface area (Å²) in [5, 5.41) is 10.2. The predicted molar refractivity (Wildman–Crippen MR) is 65.4 cm³/mol. The summed E-state index contributed by atoms with van der Waals surface area (Å²) < 4.78 is 0. The van der Waals surface area contributed by atoms with Crippen LogP contribution in [0.15, 0.2) is 30.0 Å². The van der Waals surface area contributed by atoms with E-state index in [4.69, 9.17) is 5.11 Å². The molecule has 0 spiro atoms. The topological polar surface area (TPSA) is 56.3 Å². The normalized spacial score (nSPS) is 14.6. The first-order valence-corrected chi connectivity index (χ1v) is 5.42. The van der Waals surface area contributed by atoms with Crippen molar-refractivity contribution in [3.05, 3.63) is 41.2 Å². The zero-order valence-corrected chi connectivity index (χ0v) is 9.40. The monoisotopic (exact) mass is 228 g/mol. The fourth-order valence-electron chi connectivity index (χ4n) is 2.30. The molecule has 0 bridgehead atoms. The minimum Gasteiger partial charge on any atom is -0.477 e. The summed E-state index contributed by atoms with van der Waals surface area (Å²) in [5.74, 6) is -0.886. The Labute approximate surface area is 98.2 Å². The lowest BCUT2D eigenvalue weighted by molar-refractivity contribution is -0.134. The SMILES string of the molecule is CN1Cc2[nH]c3ccccc3c2C=C1C(=O)O. The van der Waals surface area contributed by atoms with Gasteiger partial charge < -0.3 is 15.0 Å². The molecule has 2 aromatic rings. The zero-order chi connectivity index (χ0) is 12.0. The van der Waals surface area contributed by atoms with Crippen molar-refractivity contribution in [2.45, 2.75) is 6.54 Å². The number of fused-ring (bicyclic) bond motifs is 3. The van der Waals surface area contributed by atoms with Crippen LogP contribution in [0.4, 0.5) is 0 Å². The van der Waals surface area contributed by atoms with Crippen LogP contribution in [-0.4, -0.2) is 28.0 Å². The van der Waals surface area contributed by atoms with E-state index in [2.05, 4.69) is 4.98 Å². The van der Waals surface area contributed by atoms with E-state index in [1.807, 2.05) is 24.3 Å². The van der Waals surface area contributed by atoms with Crippen LogP contribution in [0.25, 0.3) is 17.0 Å². The average Bonchev–Trinajstić information content (AvgIpc) is 2.64. The summed E-state index contributed by atoms with van der Waals surface area (Å²) >= 11 is 0. The molecule has 0 fully saturated rings. The third-order valence-electron chi connectivity index (χ3n) is 3.13. The molecule has 0 radical (unpaired) electrons. The highest BCUT2D eigenvalue weighted by Gasteiger charge is 2.22. The maximum absolute atomic E-state index is 11.1. The minimum atomic E-state index is -0.886. The summed E-state index contributed by atoms with van der Waals surface area (Å²) in [6.07, 6.45) is 1.74. The number of hydrogen-bond acceptors (Lipinski definition) is 2. The van der Waals surface area contributed by atoms with E-state index in [9.17, 15) is 4.79 Å². The standard InChI is InChI=1S/C13H12N2O2/c1-15-7-11-9(6-12(15)13(16)17)8-4-2-3-5-10(8)14-11/h2-6,14H,7H2,1H3,(H,16,17). The Kier molecular flexibility index (Phi) is 1.98. The van der Waals surface area contributed by atoms with Crippen molar-refractivity contribution in [2.24, 2.45) is 0 Å². The second-order valence-electron chi connectivity index (χ2n) is 4.25. The van der Waals surface area contributed by atoms with E-state index < -0.39 is 5.97 Å². The van der Waals surface area contributed by atoms with Gasteiger partial charge in [-0.25, -0.2) is 4.79 Å². The van der Waals surface area contributed by atoms with Crippen molar-refractivity contribution in [3.63, 3.8) is 0 Å². The average molecular weight is 228 g/mol. The van der Waals surface area contributed by atoms with Crippen molar-refractivity contribution in [3.8, 4) is 0 Å². The van der Waals surface area contributed by atoms with Crippen molar-refractivity contribution in [2.75, 3.05) is 7.05 Å². The molecule has 1 aliphatic heterocycles. The second-order valence-corrected chi connectivity index (χ2v) is 4.25. The van der Waals surface area contributed by atoms with E-state index in [0.717, 1.165) is 22.2 Å². The van der Waals surface area contributed by atoms with E-state index in [1.54, 1.807) is 18.0 Å². The Bertz CT molecular complexity index is 640. The molecule has 0 amide bonds. The Morgan fingerprint density at radius 2 is 2.18 bits per heavy atom. The molecule has 3 rings (SSSR count). The molecule has 86 valence electrons. The lowest BCUT2D eigenvalue weighted by atomic mass is 10.1. The van der Waals surface area contributed by atoms with Gasteiger partial charge in [-0.1, -0.05) is 18.2 Å². The number of likely N-dealkylation sites (N-methyl/N-ethyl adjacent to an activating group) is 1. The van der Waals surface area contributed by atoms with Crippen molar-refractivity contribution in [1.82, 2.24) is 9.88 Å². The maximum Gasteiger partial charge on any atom is 0.352 e. The quantitative estimate of drug-likeness (QED) is 0.785. The van der Waals surface area contributed by atoms with Gasteiger partial charge >= 0.3 is 5.97 Å². The summed E-state index contributed by atoms with van der Waals surface area (Å²) in [4.78, 5) is 16.2. The first-order chi connectivity index (χ1) is 8.16. The highest BCUT2D eigenvalue weighted by molar-refractivity contribution is 5.98. The highest BCUT2D eigenvalue weighted by Crippen LogP contribution is 2.30. The van der Waals surface area contributed by atoms with Crippen LogP contribution in [0.3, 0.4) is 0 Å². The summed E-state index contributed by atoms with van der Waals surface area (Å²) in [6, 6.07) is 7.94. The number of carbonyl (C=O) groups is 1. The number of aromatic amines is 1. The number of rotatable bonds is 1. The van der Waals surface area contributed by atoms with Crippen LogP contribution >= 0.6 is 0 Å². The fraction of sp³-hybridized carbons (Fsp3) is 0.154. The molecule has 0 aliphatic carbocycles. The molecule has 4 heteroatoms. The number of carboxylic acid groups (broad SMARTS) is 1.